The molecule has 0 spiro atoms. The first-order valence-electron chi connectivity index (χ1n) is 6.83. The Bertz CT molecular complexity index is 629. The number of aryl methyl sites for hydroxylation is 1. The van der Waals surface area contributed by atoms with Gasteiger partial charge in [0.25, 0.3) is 0 Å². The van der Waals surface area contributed by atoms with Crippen LogP contribution in [-0.2, 0) is 4.79 Å². The fraction of sp³-hybridized carbons (Fsp3) is 0.538. The number of carbonyl (C=O) groups is 1. The number of fused-ring (bicyclic) bond motifs is 1. The number of likely N-dealkylation sites (tertiary alicyclic amines) is 1. The summed E-state index contributed by atoms with van der Waals surface area (Å²) in [6.45, 7) is 5.15. The Morgan fingerprint density at radius 1 is 1.35 bits per heavy atom. The van der Waals surface area contributed by atoms with Crippen molar-refractivity contribution in [1.29, 1.82) is 0 Å². The molecule has 1 amide bonds. The molecule has 1 fully saturated rings. The first kappa shape index (κ1) is 12.8. The molecule has 7 heteroatoms. The maximum absolute atomic E-state index is 11.3. The summed E-state index contributed by atoms with van der Waals surface area (Å²) in [4.78, 5) is 21.7. The van der Waals surface area contributed by atoms with Crippen molar-refractivity contribution in [3.05, 3.63) is 12.0 Å². The average Bonchev–Trinajstić information content (AvgIpc) is 2.82. The molecule has 2 aromatic rings. The quantitative estimate of drug-likeness (QED) is 0.856. The van der Waals surface area contributed by atoms with Crippen LogP contribution in [0.2, 0.25) is 0 Å². The summed E-state index contributed by atoms with van der Waals surface area (Å²) in [6.07, 6.45) is 3.40. The molecular weight excluding hydrogens is 256 g/mol. The molecule has 0 unspecified atom stereocenters. The van der Waals surface area contributed by atoms with Crippen LogP contribution in [0.5, 0.6) is 0 Å². The Balaban J connectivity index is 1.73. The lowest BCUT2D eigenvalue weighted by atomic mass is 10.1. The molecule has 3 heterocycles. The summed E-state index contributed by atoms with van der Waals surface area (Å²) in [6, 6.07) is 0.320. The topological polar surface area (TPSA) is 86.8 Å². The zero-order chi connectivity index (χ0) is 14.1. The summed E-state index contributed by atoms with van der Waals surface area (Å²) < 4.78 is 0. The summed E-state index contributed by atoms with van der Waals surface area (Å²) in [5.41, 5.74) is 2.57. The minimum atomic E-state index is 0.149. The molecule has 0 radical (unpaired) electrons. The molecule has 2 N–H and O–H groups in total. The number of nitrogens with one attached hydrogen (secondary N) is 2. The number of amides is 1. The summed E-state index contributed by atoms with van der Waals surface area (Å²) in [7, 11) is 0. The zero-order valence-corrected chi connectivity index (χ0v) is 11.7. The number of aromatic amines is 1. The van der Waals surface area contributed by atoms with Crippen LogP contribution in [0, 0.1) is 6.92 Å². The summed E-state index contributed by atoms with van der Waals surface area (Å²) in [5.74, 6) is 0.913. The predicted octanol–water partition coefficient (Wildman–Crippen LogP) is 1.08. The third-order valence-electron chi connectivity index (χ3n) is 3.79. The molecule has 1 aliphatic rings. The van der Waals surface area contributed by atoms with Crippen LogP contribution < -0.4 is 5.32 Å². The number of H-pyrrole nitrogens is 1. The van der Waals surface area contributed by atoms with E-state index in [1.165, 1.54) is 0 Å². The maximum Gasteiger partial charge on any atom is 0.219 e. The second-order valence-electron chi connectivity index (χ2n) is 5.19. The number of aromatic nitrogens is 4. The molecule has 0 aliphatic carbocycles. The largest absolute Gasteiger partial charge is 0.365 e. The summed E-state index contributed by atoms with van der Waals surface area (Å²) in [5, 5.41) is 10.6. The van der Waals surface area contributed by atoms with Gasteiger partial charge in [-0.2, -0.15) is 5.10 Å². The van der Waals surface area contributed by atoms with E-state index in [9.17, 15) is 4.79 Å². The van der Waals surface area contributed by atoms with Crippen molar-refractivity contribution in [3.63, 3.8) is 0 Å². The number of carbonyl (C=O) groups excluding carboxylic acids is 1. The Kier molecular flexibility index (Phi) is 3.25. The van der Waals surface area contributed by atoms with Crippen LogP contribution in [0.1, 0.15) is 25.5 Å². The van der Waals surface area contributed by atoms with Gasteiger partial charge in [-0.25, -0.2) is 9.97 Å². The minimum Gasteiger partial charge on any atom is -0.365 e. The van der Waals surface area contributed by atoms with Crippen molar-refractivity contribution in [2.75, 3.05) is 18.4 Å². The Labute approximate surface area is 116 Å². The third-order valence-corrected chi connectivity index (χ3v) is 3.79. The summed E-state index contributed by atoms with van der Waals surface area (Å²) >= 11 is 0. The molecule has 2 aromatic heterocycles. The molecule has 0 aromatic carbocycles. The van der Waals surface area contributed by atoms with Gasteiger partial charge in [-0.3, -0.25) is 9.89 Å². The predicted molar refractivity (Wildman–Crippen MR) is 75.3 cm³/mol. The van der Waals surface area contributed by atoms with Crippen LogP contribution in [-0.4, -0.2) is 50.1 Å². The van der Waals surface area contributed by atoms with E-state index in [0.29, 0.717) is 6.04 Å². The molecule has 3 rings (SSSR count). The van der Waals surface area contributed by atoms with Gasteiger partial charge in [0.1, 0.15) is 11.8 Å². The van der Waals surface area contributed by atoms with Crippen molar-refractivity contribution >= 4 is 22.8 Å². The van der Waals surface area contributed by atoms with E-state index in [4.69, 9.17) is 0 Å². The van der Waals surface area contributed by atoms with E-state index in [1.54, 1.807) is 13.3 Å². The third kappa shape index (κ3) is 2.31. The van der Waals surface area contributed by atoms with Gasteiger partial charge in [0.05, 0.1) is 5.69 Å². The van der Waals surface area contributed by atoms with Crippen LogP contribution in [0.25, 0.3) is 11.0 Å². The Hall–Kier alpha value is -2.18. The lowest BCUT2D eigenvalue weighted by molar-refractivity contribution is -0.129. The molecule has 20 heavy (non-hydrogen) atoms. The van der Waals surface area contributed by atoms with Crippen molar-refractivity contribution in [1.82, 2.24) is 25.1 Å². The number of hydrogen-bond donors (Lipinski definition) is 2. The van der Waals surface area contributed by atoms with Gasteiger partial charge < -0.3 is 10.2 Å². The average molecular weight is 274 g/mol. The van der Waals surface area contributed by atoms with E-state index in [2.05, 4.69) is 25.5 Å². The van der Waals surface area contributed by atoms with Crippen molar-refractivity contribution in [3.8, 4) is 0 Å². The Morgan fingerprint density at radius 2 is 2.10 bits per heavy atom. The number of nitrogens with zero attached hydrogens (tertiary/aromatic N) is 4. The number of hydrogen-bond acceptors (Lipinski definition) is 5. The van der Waals surface area contributed by atoms with Gasteiger partial charge in [-0.15, -0.1) is 0 Å². The normalized spacial score (nSPS) is 16.6. The van der Waals surface area contributed by atoms with Crippen LogP contribution in [0.3, 0.4) is 0 Å². The minimum absolute atomic E-state index is 0.149. The molecule has 0 bridgehead atoms. The fourth-order valence-corrected chi connectivity index (χ4v) is 2.59. The maximum atomic E-state index is 11.3. The highest BCUT2D eigenvalue weighted by Crippen LogP contribution is 2.21. The monoisotopic (exact) mass is 274 g/mol. The highest BCUT2D eigenvalue weighted by atomic mass is 16.2. The highest BCUT2D eigenvalue weighted by molar-refractivity contribution is 5.86. The van der Waals surface area contributed by atoms with Gasteiger partial charge in [0.2, 0.25) is 5.91 Å². The van der Waals surface area contributed by atoms with Crippen molar-refractivity contribution < 1.29 is 4.79 Å². The highest BCUT2D eigenvalue weighted by Gasteiger charge is 2.21. The van der Waals surface area contributed by atoms with Gasteiger partial charge in [0, 0.05) is 26.1 Å². The number of anilines is 1. The smallest absolute Gasteiger partial charge is 0.219 e. The molecule has 0 atom stereocenters. The van der Waals surface area contributed by atoms with Gasteiger partial charge >= 0.3 is 0 Å². The second-order valence-corrected chi connectivity index (χ2v) is 5.19. The molecular formula is C13H18N6O. The zero-order valence-electron chi connectivity index (χ0n) is 11.7. The fourth-order valence-electron chi connectivity index (χ4n) is 2.59. The van der Waals surface area contributed by atoms with Crippen LogP contribution in [0.15, 0.2) is 6.33 Å². The first-order valence-corrected chi connectivity index (χ1v) is 6.83. The molecule has 1 saturated heterocycles. The van der Waals surface area contributed by atoms with Gasteiger partial charge in [0.15, 0.2) is 11.3 Å². The van der Waals surface area contributed by atoms with Gasteiger partial charge in [-0.1, -0.05) is 0 Å². The molecule has 7 nitrogen and oxygen atoms in total. The Morgan fingerprint density at radius 3 is 2.80 bits per heavy atom. The standard InChI is InChI=1S/C13H18N6O/c1-8-11-12(18-17-8)13(15-7-14-11)16-10-3-5-19(6-4-10)9(2)20/h7,10H,3-6H2,1-2H3,(H,17,18)(H,14,15,16). The van der Waals surface area contributed by atoms with Crippen LogP contribution in [0.4, 0.5) is 5.82 Å². The number of rotatable bonds is 2. The van der Waals surface area contributed by atoms with E-state index in [0.717, 1.165) is 48.5 Å². The number of piperidine rings is 1. The van der Waals surface area contributed by atoms with E-state index >= 15 is 0 Å². The molecule has 0 saturated carbocycles. The van der Waals surface area contributed by atoms with E-state index in [1.807, 2.05) is 11.8 Å². The van der Waals surface area contributed by atoms with Crippen molar-refractivity contribution in [2.24, 2.45) is 0 Å². The lowest BCUT2D eigenvalue weighted by Crippen LogP contribution is -2.41. The van der Waals surface area contributed by atoms with Crippen molar-refractivity contribution in [2.45, 2.75) is 32.7 Å². The first-order chi connectivity index (χ1) is 9.65. The van der Waals surface area contributed by atoms with E-state index < -0.39 is 0 Å². The molecule has 106 valence electrons. The SMILES string of the molecule is CC(=O)N1CCC(Nc2ncnc3c(C)[nH]nc23)CC1. The second kappa shape index (κ2) is 5.07. The van der Waals surface area contributed by atoms with Gasteiger partial charge in [-0.05, 0) is 19.8 Å². The molecule has 1 aliphatic heterocycles. The van der Waals surface area contributed by atoms with Crippen LogP contribution >= 0.6 is 0 Å². The lowest BCUT2D eigenvalue weighted by Gasteiger charge is -2.31. The van der Waals surface area contributed by atoms with E-state index in [-0.39, 0.29) is 5.91 Å².